The Labute approximate surface area is 109 Å². The van der Waals surface area contributed by atoms with Gasteiger partial charge in [0.15, 0.2) is 0 Å². The van der Waals surface area contributed by atoms with Crippen molar-refractivity contribution in [3.8, 4) is 0 Å². The van der Waals surface area contributed by atoms with Gasteiger partial charge in [0.05, 0.1) is 12.4 Å². The van der Waals surface area contributed by atoms with Gasteiger partial charge in [-0.05, 0) is 17.9 Å². The molecule has 0 radical (unpaired) electrons. The molecule has 0 amide bonds. The number of aliphatic hydroxyl groups is 1. The van der Waals surface area contributed by atoms with Crippen molar-refractivity contribution in [2.45, 2.75) is 26.3 Å². The van der Waals surface area contributed by atoms with E-state index in [1.807, 2.05) is 44.2 Å². The molecule has 1 rings (SSSR count). The van der Waals surface area contributed by atoms with Crippen molar-refractivity contribution >= 4 is 10.0 Å². The van der Waals surface area contributed by atoms with Gasteiger partial charge in [0.2, 0.25) is 10.0 Å². The van der Waals surface area contributed by atoms with E-state index in [0.717, 1.165) is 5.56 Å². The van der Waals surface area contributed by atoms with Gasteiger partial charge in [-0.1, -0.05) is 44.2 Å². The van der Waals surface area contributed by atoms with Crippen LogP contribution in [-0.2, 0) is 16.4 Å². The number of hydrogen-bond donors (Lipinski definition) is 2. The van der Waals surface area contributed by atoms with Crippen LogP contribution in [-0.4, -0.2) is 31.9 Å². The second kappa shape index (κ2) is 6.87. The molecule has 0 aromatic heterocycles. The molecule has 0 spiro atoms. The predicted molar refractivity (Wildman–Crippen MR) is 72.8 cm³/mol. The molecule has 102 valence electrons. The van der Waals surface area contributed by atoms with Gasteiger partial charge in [-0.3, -0.25) is 0 Å². The molecule has 0 fully saturated rings. The number of benzene rings is 1. The molecular weight excluding hydrogens is 250 g/mol. The fourth-order valence-corrected chi connectivity index (χ4v) is 3.00. The molecule has 0 saturated heterocycles. The van der Waals surface area contributed by atoms with Crippen LogP contribution in [0.15, 0.2) is 30.3 Å². The normalized spacial score (nSPS) is 13.8. The molecule has 1 aromatic rings. The first-order chi connectivity index (χ1) is 8.44. The zero-order valence-corrected chi connectivity index (χ0v) is 11.7. The molecular formula is C13H21NO3S. The molecule has 1 unspecified atom stereocenters. The van der Waals surface area contributed by atoms with Crippen LogP contribution in [0.1, 0.15) is 19.4 Å². The lowest BCUT2D eigenvalue weighted by molar-refractivity contribution is 0.227. The molecule has 0 aliphatic heterocycles. The van der Waals surface area contributed by atoms with Gasteiger partial charge in [0.25, 0.3) is 0 Å². The van der Waals surface area contributed by atoms with Crippen molar-refractivity contribution in [1.29, 1.82) is 0 Å². The molecule has 0 bridgehead atoms. The standard InChI is InChI=1S/C13H21NO3S/c1-11(2)13(10-15)14-18(16,17)9-8-12-6-4-3-5-7-12/h3-7,11,13-15H,8-10H2,1-2H3. The lowest BCUT2D eigenvalue weighted by Gasteiger charge is -2.19. The van der Waals surface area contributed by atoms with Gasteiger partial charge in [0, 0.05) is 6.04 Å². The highest BCUT2D eigenvalue weighted by atomic mass is 32.2. The van der Waals surface area contributed by atoms with Crippen molar-refractivity contribution in [2.24, 2.45) is 5.92 Å². The predicted octanol–water partition coefficient (Wildman–Crippen LogP) is 1.17. The smallest absolute Gasteiger partial charge is 0.212 e. The number of aliphatic hydroxyl groups excluding tert-OH is 1. The summed E-state index contributed by atoms with van der Waals surface area (Å²) < 4.78 is 26.2. The Morgan fingerprint density at radius 3 is 2.33 bits per heavy atom. The second-order valence-electron chi connectivity index (χ2n) is 4.71. The van der Waals surface area contributed by atoms with E-state index in [1.54, 1.807) is 0 Å². The molecule has 1 aromatic carbocycles. The Morgan fingerprint density at radius 2 is 1.83 bits per heavy atom. The summed E-state index contributed by atoms with van der Waals surface area (Å²) in [5.74, 6) is 0.113. The fourth-order valence-electron chi connectivity index (χ4n) is 1.57. The molecule has 0 saturated carbocycles. The first kappa shape index (κ1) is 15.1. The van der Waals surface area contributed by atoms with Crippen LogP contribution < -0.4 is 4.72 Å². The third-order valence-corrected chi connectivity index (χ3v) is 4.24. The first-order valence-electron chi connectivity index (χ1n) is 6.09. The van der Waals surface area contributed by atoms with E-state index < -0.39 is 16.1 Å². The Balaban J connectivity index is 2.55. The van der Waals surface area contributed by atoms with Crippen LogP contribution >= 0.6 is 0 Å². The molecule has 0 aliphatic carbocycles. The Bertz CT molecular complexity index is 443. The highest BCUT2D eigenvalue weighted by molar-refractivity contribution is 7.89. The summed E-state index contributed by atoms with van der Waals surface area (Å²) in [6.07, 6.45) is 0.479. The second-order valence-corrected chi connectivity index (χ2v) is 6.58. The summed E-state index contributed by atoms with van der Waals surface area (Å²) in [5, 5.41) is 9.12. The monoisotopic (exact) mass is 271 g/mol. The molecule has 0 heterocycles. The van der Waals surface area contributed by atoms with E-state index in [-0.39, 0.29) is 18.3 Å². The number of rotatable bonds is 7. The molecule has 18 heavy (non-hydrogen) atoms. The average molecular weight is 271 g/mol. The van der Waals surface area contributed by atoms with Gasteiger partial charge in [0.1, 0.15) is 0 Å². The minimum atomic E-state index is -3.35. The van der Waals surface area contributed by atoms with Crippen molar-refractivity contribution in [3.63, 3.8) is 0 Å². The van der Waals surface area contributed by atoms with E-state index in [2.05, 4.69) is 4.72 Å². The minimum Gasteiger partial charge on any atom is -0.395 e. The average Bonchev–Trinajstić information content (AvgIpc) is 2.35. The van der Waals surface area contributed by atoms with E-state index in [1.165, 1.54) is 0 Å². The summed E-state index contributed by atoms with van der Waals surface area (Å²) in [7, 11) is -3.35. The number of aryl methyl sites for hydroxylation is 1. The molecule has 0 aliphatic rings. The van der Waals surface area contributed by atoms with E-state index in [4.69, 9.17) is 5.11 Å². The van der Waals surface area contributed by atoms with Crippen LogP contribution in [0.5, 0.6) is 0 Å². The van der Waals surface area contributed by atoms with E-state index in [9.17, 15) is 8.42 Å². The number of sulfonamides is 1. The third-order valence-electron chi connectivity index (χ3n) is 2.83. The summed E-state index contributed by atoms with van der Waals surface area (Å²) in [4.78, 5) is 0. The number of hydrogen-bond acceptors (Lipinski definition) is 3. The molecule has 4 nitrogen and oxygen atoms in total. The maximum Gasteiger partial charge on any atom is 0.212 e. The van der Waals surface area contributed by atoms with Gasteiger partial charge < -0.3 is 5.11 Å². The summed E-state index contributed by atoms with van der Waals surface area (Å²) in [6, 6.07) is 9.07. The lowest BCUT2D eigenvalue weighted by atomic mass is 10.1. The van der Waals surface area contributed by atoms with Crippen LogP contribution in [0.2, 0.25) is 0 Å². The van der Waals surface area contributed by atoms with Crippen molar-refractivity contribution in [1.82, 2.24) is 4.72 Å². The largest absolute Gasteiger partial charge is 0.395 e. The van der Waals surface area contributed by atoms with Crippen LogP contribution in [0.3, 0.4) is 0 Å². The van der Waals surface area contributed by atoms with Crippen molar-refractivity contribution in [2.75, 3.05) is 12.4 Å². The maximum absolute atomic E-state index is 11.9. The first-order valence-corrected chi connectivity index (χ1v) is 7.74. The summed E-state index contributed by atoms with van der Waals surface area (Å²) in [6.45, 7) is 3.57. The van der Waals surface area contributed by atoms with Crippen molar-refractivity contribution in [3.05, 3.63) is 35.9 Å². The lowest BCUT2D eigenvalue weighted by Crippen LogP contribution is -2.42. The van der Waals surface area contributed by atoms with Gasteiger partial charge in [-0.15, -0.1) is 0 Å². The quantitative estimate of drug-likeness (QED) is 0.782. The third kappa shape index (κ3) is 5.16. The van der Waals surface area contributed by atoms with Crippen LogP contribution in [0.25, 0.3) is 0 Å². The fraction of sp³-hybridized carbons (Fsp3) is 0.538. The van der Waals surface area contributed by atoms with E-state index >= 15 is 0 Å². The van der Waals surface area contributed by atoms with Crippen LogP contribution in [0.4, 0.5) is 0 Å². The minimum absolute atomic E-state index is 0.0419. The Hall–Kier alpha value is -0.910. The maximum atomic E-state index is 11.9. The highest BCUT2D eigenvalue weighted by Gasteiger charge is 2.19. The Morgan fingerprint density at radius 1 is 1.22 bits per heavy atom. The molecule has 2 N–H and O–H groups in total. The summed E-state index contributed by atoms with van der Waals surface area (Å²) in [5.41, 5.74) is 0.993. The van der Waals surface area contributed by atoms with Gasteiger partial charge >= 0.3 is 0 Å². The van der Waals surface area contributed by atoms with Gasteiger partial charge in [-0.25, -0.2) is 13.1 Å². The Kier molecular flexibility index (Phi) is 5.78. The zero-order chi connectivity index (χ0) is 13.6. The highest BCUT2D eigenvalue weighted by Crippen LogP contribution is 2.05. The SMILES string of the molecule is CC(C)C(CO)NS(=O)(=O)CCc1ccccc1. The van der Waals surface area contributed by atoms with Crippen molar-refractivity contribution < 1.29 is 13.5 Å². The number of nitrogens with one attached hydrogen (secondary N) is 1. The molecule has 1 atom stereocenters. The topological polar surface area (TPSA) is 66.4 Å². The summed E-state index contributed by atoms with van der Waals surface area (Å²) >= 11 is 0. The molecule has 5 heteroatoms. The van der Waals surface area contributed by atoms with Crippen LogP contribution in [0, 0.1) is 5.92 Å². The van der Waals surface area contributed by atoms with Gasteiger partial charge in [-0.2, -0.15) is 0 Å². The van der Waals surface area contributed by atoms with E-state index in [0.29, 0.717) is 6.42 Å². The zero-order valence-electron chi connectivity index (χ0n) is 10.8.